The molecule has 1 aromatic heterocycles. The van der Waals surface area contributed by atoms with Crippen molar-refractivity contribution >= 4 is 50.4 Å². The van der Waals surface area contributed by atoms with Gasteiger partial charge in [0.2, 0.25) is 0 Å². The van der Waals surface area contributed by atoms with E-state index in [1.165, 1.54) is 4.90 Å². The maximum atomic E-state index is 13.1. The van der Waals surface area contributed by atoms with Crippen molar-refractivity contribution in [3.63, 3.8) is 0 Å². The lowest BCUT2D eigenvalue weighted by Gasteiger charge is -2.28. The Labute approximate surface area is 185 Å². The molecule has 0 unspecified atom stereocenters. The minimum atomic E-state index is -0.0451. The summed E-state index contributed by atoms with van der Waals surface area (Å²) in [4.78, 5) is 23.3. The number of rotatable bonds is 7. The standard InChI is InChI=1S/C23H25N3O2S2/c1-29-19-8-9-20-21(17-19)30-23(24-20)26(12-11-25-13-15-28-16-14-25)22(27)10-7-18-5-3-2-4-6-18/h2-10,17H,11-16H2,1H3/b10-7+. The zero-order valence-electron chi connectivity index (χ0n) is 17.0. The summed E-state index contributed by atoms with van der Waals surface area (Å²) in [6.45, 7) is 4.71. The molecule has 3 aromatic rings. The topological polar surface area (TPSA) is 45.7 Å². The number of hydrogen-bond donors (Lipinski definition) is 0. The lowest BCUT2D eigenvalue weighted by Crippen LogP contribution is -2.42. The number of aromatic nitrogens is 1. The number of carbonyl (C=O) groups is 1. The lowest BCUT2D eigenvalue weighted by molar-refractivity contribution is -0.114. The first-order valence-electron chi connectivity index (χ1n) is 10.0. The Balaban J connectivity index is 1.57. The zero-order valence-corrected chi connectivity index (χ0v) is 18.6. The van der Waals surface area contributed by atoms with E-state index in [2.05, 4.69) is 23.3 Å². The van der Waals surface area contributed by atoms with Crippen molar-refractivity contribution < 1.29 is 9.53 Å². The molecule has 5 nitrogen and oxygen atoms in total. The summed E-state index contributed by atoms with van der Waals surface area (Å²) in [5, 5.41) is 0.749. The van der Waals surface area contributed by atoms with E-state index >= 15 is 0 Å². The van der Waals surface area contributed by atoms with Crippen LogP contribution in [-0.2, 0) is 9.53 Å². The molecule has 0 radical (unpaired) electrons. The van der Waals surface area contributed by atoms with Crippen LogP contribution in [0.2, 0.25) is 0 Å². The number of thiazole rings is 1. The molecule has 1 aliphatic rings. The van der Waals surface area contributed by atoms with Crippen LogP contribution in [0.1, 0.15) is 5.56 Å². The predicted octanol–water partition coefficient (Wildman–Crippen LogP) is 4.40. The first-order valence-corrected chi connectivity index (χ1v) is 12.1. The molecule has 0 atom stereocenters. The van der Waals surface area contributed by atoms with E-state index in [1.54, 1.807) is 34.1 Å². The van der Waals surface area contributed by atoms with E-state index in [1.807, 2.05) is 42.5 Å². The molecule has 1 saturated heterocycles. The van der Waals surface area contributed by atoms with Crippen LogP contribution in [0.15, 0.2) is 59.5 Å². The monoisotopic (exact) mass is 439 g/mol. The number of fused-ring (bicyclic) bond motifs is 1. The maximum Gasteiger partial charge on any atom is 0.252 e. The van der Waals surface area contributed by atoms with Gasteiger partial charge in [-0.1, -0.05) is 41.7 Å². The van der Waals surface area contributed by atoms with Gasteiger partial charge in [-0.05, 0) is 36.1 Å². The van der Waals surface area contributed by atoms with E-state index in [0.29, 0.717) is 6.54 Å². The minimum absolute atomic E-state index is 0.0451. The van der Waals surface area contributed by atoms with Crippen molar-refractivity contribution in [3.05, 3.63) is 60.2 Å². The molecule has 2 heterocycles. The highest BCUT2D eigenvalue weighted by Crippen LogP contribution is 2.31. The van der Waals surface area contributed by atoms with Crippen molar-refractivity contribution in [2.75, 3.05) is 50.5 Å². The summed E-state index contributed by atoms with van der Waals surface area (Å²) >= 11 is 3.29. The van der Waals surface area contributed by atoms with Gasteiger partial charge in [-0.2, -0.15) is 0 Å². The third kappa shape index (κ3) is 5.29. The fourth-order valence-electron chi connectivity index (χ4n) is 3.32. The second-order valence-corrected chi connectivity index (χ2v) is 8.91. The molecule has 4 rings (SSSR count). The molecular formula is C23H25N3O2S2. The average molecular weight is 440 g/mol. The van der Waals surface area contributed by atoms with Crippen LogP contribution in [0, 0.1) is 0 Å². The van der Waals surface area contributed by atoms with Crippen LogP contribution in [-0.4, -0.2) is 61.4 Å². The van der Waals surface area contributed by atoms with E-state index in [9.17, 15) is 4.79 Å². The molecule has 0 bridgehead atoms. The number of benzene rings is 2. The molecule has 1 aliphatic heterocycles. The third-order valence-corrected chi connectivity index (χ3v) is 6.81. The van der Waals surface area contributed by atoms with Crippen molar-refractivity contribution in [2.45, 2.75) is 4.90 Å². The number of morpholine rings is 1. The number of ether oxygens (including phenoxy) is 1. The van der Waals surface area contributed by atoms with Gasteiger partial charge in [0.15, 0.2) is 5.13 Å². The Kier molecular flexibility index (Phi) is 7.17. The van der Waals surface area contributed by atoms with E-state index in [0.717, 1.165) is 53.8 Å². The van der Waals surface area contributed by atoms with Crippen LogP contribution in [0.4, 0.5) is 5.13 Å². The second kappa shape index (κ2) is 10.2. The van der Waals surface area contributed by atoms with Gasteiger partial charge in [-0.25, -0.2) is 4.98 Å². The molecular weight excluding hydrogens is 414 g/mol. The summed E-state index contributed by atoms with van der Waals surface area (Å²) < 4.78 is 6.55. The predicted molar refractivity (Wildman–Crippen MR) is 126 cm³/mol. The van der Waals surface area contributed by atoms with Gasteiger partial charge in [0.05, 0.1) is 23.4 Å². The van der Waals surface area contributed by atoms with Crippen LogP contribution >= 0.6 is 23.1 Å². The zero-order chi connectivity index (χ0) is 20.8. The first kappa shape index (κ1) is 21.1. The number of nitrogens with zero attached hydrogens (tertiary/aromatic N) is 3. The Morgan fingerprint density at radius 3 is 2.80 bits per heavy atom. The second-order valence-electron chi connectivity index (χ2n) is 7.02. The number of hydrogen-bond acceptors (Lipinski definition) is 6. The third-order valence-electron chi connectivity index (χ3n) is 5.04. The molecule has 1 amide bonds. The SMILES string of the molecule is CSc1ccc2nc(N(CCN3CCOCC3)C(=O)/C=C/c3ccccc3)sc2c1. The Hall–Kier alpha value is -2.19. The minimum Gasteiger partial charge on any atom is -0.379 e. The normalized spacial score (nSPS) is 15.1. The van der Waals surface area contributed by atoms with Crippen LogP contribution in [0.25, 0.3) is 16.3 Å². The molecule has 2 aromatic carbocycles. The Morgan fingerprint density at radius 2 is 2.03 bits per heavy atom. The highest BCUT2D eigenvalue weighted by molar-refractivity contribution is 7.98. The lowest BCUT2D eigenvalue weighted by atomic mass is 10.2. The average Bonchev–Trinajstić information content (AvgIpc) is 3.22. The summed E-state index contributed by atoms with van der Waals surface area (Å²) in [7, 11) is 0. The fraction of sp³-hybridized carbons (Fsp3) is 0.304. The van der Waals surface area contributed by atoms with Gasteiger partial charge in [0.25, 0.3) is 5.91 Å². The van der Waals surface area contributed by atoms with E-state index < -0.39 is 0 Å². The number of amides is 1. The van der Waals surface area contributed by atoms with Crippen LogP contribution < -0.4 is 4.90 Å². The van der Waals surface area contributed by atoms with Crippen molar-refractivity contribution in [1.29, 1.82) is 0 Å². The van der Waals surface area contributed by atoms with Crippen LogP contribution in [0.3, 0.4) is 0 Å². The molecule has 156 valence electrons. The largest absolute Gasteiger partial charge is 0.379 e. The fourth-order valence-corrected chi connectivity index (χ4v) is 4.87. The smallest absolute Gasteiger partial charge is 0.252 e. The van der Waals surface area contributed by atoms with Gasteiger partial charge in [0.1, 0.15) is 0 Å². The molecule has 30 heavy (non-hydrogen) atoms. The summed E-state index contributed by atoms with van der Waals surface area (Å²) in [5.74, 6) is -0.0451. The highest BCUT2D eigenvalue weighted by Gasteiger charge is 2.20. The molecule has 0 spiro atoms. The van der Waals surface area contributed by atoms with Crippen LogP contribution in [0.5, 0.6) is 0 Å². The Morgan fingerprint density at radius 1 is 1.23 bits per heavy atom. The molecule has 0 aliphatic carbocycles. The van der Waals surface area contributed by atoms with Gasteiger partial charge < -0.3 is 4.74 Å². The number of anilines is 1. The first-order chi connectivity index (χ1) is 14.7. The number of carbonyl (C=O) groups excluding carboxylic acids is 1. The molecule has 0 saturated carbocycles. The molecule has 1 fully saturated rings. The molecule has 7 heteroatoms. The van der Waals surface area contributed by atoms with E-state index in [-0.39, 0.29) is 5.91 Å². The van der Waals surface area contributed by atoms with Gasteiger partial charge in [0, 0.05) is 37.2 Å². The maximum absolute atomic E-state index is 13.1. The van der Waals surface area contributed by atoms with Crippen molar-refractivity contribution in [3.8, 4) is 0 Å². The van der Waals surface area contributed by atoms with Gasteiger partial charge in [-0.15, -0.1) is 11.8 Å². The summed E-state index contributed by atoms with van der Waals surface area (Å²) in [6.07, 6.45) is 5.58. The van der Waals surface area contributed by atoms with Crippen molar-refractivity contribution in [1.82, 2.24) is 9.88 Å². The Bertz CT molecular complexity index is 1010. The van der Waals surface area contributed by atoms with Crippen molar-refractivity contribution in [2.24, 2.45) is 0 Å². The van der Waals surface area contributed by atoms with E-state index in [4.69, 9.17) is 9.72 Å². The number of thioether (sulfide) groups is 1. The highest BCUT2D eigenvalue weighted by atomic mass is 32.2. The molecule has 0 N–H and O–H groups in total. The summed E-state index contributed by atoms with van der Waals surface area (Å²) in [6, 6.07) is 16.1. The summed E-state index contributed by atoms with van der Waals surface area (Å²) in [5.41, 5.74) is 1.94. The van der Waals surface area contributed by atoms with Gasteiger partial charge >= 0.3 is 0 Å². The quantitative estimate of drug-likeness (QED) is 0.403. The van der Waals surface area contributed by atoms with Gasteiger partial charge in [-0.3, -0.25) is 14.6 Å².